The van der Waals surface area contributed by atoms with E-state index in [1.165, 1.54) is 24.4 Å². The average molecular weight is 332 g/mol. The number of sulfonamides is 1. The van der Waals surface area contributed by atoms with Crippen LogP contribution in [0.2, 0.25) is 0 Å². The number of aromatic nitrogens is 3. The van der Waals surface area contributed by atoms with E-state index >= 15 is 0 Å². The Kier molecular flexibility index (Phi) is 4.07. The van der Waals surface area contributed by atoms with Gasteiger partial charge < -0.3 is 0 Å². The number of imidazole rings is 1. The smallest absolute Gasteiger partial charge is 0.236 e. The Morgan fingerprint density at radius 2 is 2.09 bits per heavy atom. The molecule has 0 aliphatic heterocycles. The molecule has 3 aromatic rings. The lowest BCUT2D eigenvalue weighted by Crippen LogP contribution is -2.15. The van der Waals surface area contributed by atoms with Gasteiger partial charge in [0.1, 0.15) is 18.0 Å². The highest BCUT2D eigenvalue weighted by atomic mass is 32.2. The zero-order chi connectivity index (χ0) is 16.3. The molecular formula is C15H13FN4O2S. The molecule has 8 heteroatoms. The average Bonchev–Trinajstić information content (AvgIpc) is 3.01. The minimum absolute atomic E-state index is 0.311. The van der Waals surface area contributed by atoms with E-state index in [9.17, 15) is 12.8 Å². The summed E-state index contributed by atoms with van der Waals surface area (Å²) in [4.78, 5) is 8.08. The number of hydrogen-bond donors (Lipinski definition) is 1. The third-order valence-electron chi connectivity index (χ3n) is 3.04. The second-order valence-corrected chi connectivity index (χ2v) is 6.59. The Morgan fingerprint density at radius 1 is 1.22 bits per heavy atom. The Labute approximate surface area is 132 Å². The Bertz CT molecular complexity index is 893. The van der Waals surface area contributed by atoms with Crippen LogP contribution in [-0.2, 0) is 15.8 Å². The van der Waals surface area contributed by atoms with Crippen LogP contribution in [0.25, 0.3) is 5.82 Å². The van der Waals surface area contributed by atoms with E-state index in [-0.39, 0.29) is 5.75 Å². The van der Waals surface area contributed by atoms with E-state index in [0.29, 0.717) is 17.1 Å². The second-order valence-electron chi connectivity index (χ2n) is 4.87. The molecule has 1 N–H and O–H groups in total. The maximum Gasteiger partial charge on any atom is 0.236 e. The van der Waals surface area contributed by atoms with Crippen molar-refractivity contribution in [2.45, 2.75) is 5.75 Å². The van der Waals surface area contributed by atoms with Gasteiger partial charge in [0.2, 0.25) is 10.0 Å². The number of anilines is 1. The molecule has 0 atom stereocenters. The molecule has 6 nitrogen and oxygen atoms in total. The number of benzene rings is 1. The molecule has 1 aromatic carbocycles. The van der Waals surface area contributed by atoms with Gasteiger partial charge in [-0.25, -0.2) is 22.8 Å². The monoisotopic (exact) mass is 332 g/mol. The lowest BCUT2D eigenvalue weighted by molar-refractivity contribution is 0.599. The van der Waals surface area contributed by atoms with Gasteiger partial charge in [-0.05, 0) is 29.8 Å². The largest absolute Gasteiger partial charge is 0.291 e. The quantitative estimate of drug-likeness (QED) is 0.778. The molecule has 0 saturated heterocycles. The number of halogens is 1. The first-order valence-electron chi connectivity index (χ1n) is 6.71. The van der Waals surface area contributed by atoms with Crippen molar-refractivity contribution in [3.05, 3.63) is 72.7 Å². The van der Waals surface area contributed by atoms with Crippen molar-refractivity contribution in [3.63, 3.8) is 0 Å². The van der Waals surface area contributed by atoms with Crippen molar-refractivity contribution in [1.29, 1.82) is 0 Å². The summed E-state index contributed by atoms with van der Waals surface area (Å²) < 4.78 is 41.5. The zero-order valence-electron chi connectivity index (χ0n) is 11.9. The highest BCUT2D eigenvalue weighted by molar-refractivity contribution is 7.91. The van der Waals surface area contributed by atoms with Crippen LogP contribution in [0.5, 0.6) is 0 Å². The minimum Gasteiger partial charge on any atom is -0.291 e. The van der Waals surface area contributed by atoms with Gasteiger partial charge in [-0.1, -0.05) is 12.1 Å². The molecular weight excluding hydrogens is 319 g/mol. The van der Waals surface area contributed by atoms with Gasteiger partial charge >= 0.3 is 0 Å². The Balaban J connectivity index is 1.73. The van der Waals surface area contributed by atoms with Crippen LogP contribution in [0.15, 0.2) is 61.3 Å². The number of nitrogens with one attached hydrogen (secondary N) is 1. The number of pyridine rings is 1. The topological polar surface area (TPSA) is 76.9 Å². The molecule has 0 unspecified atom stereocenters. The first-order chi connectivity index (χ1) is 11.0. The lowest BCUT2D eigenvalue weighted by atomic mass is 10.2. The predicted molar refractivity (Wildman–Crippen MR) is 84.0 cm³/mol. The van der Waals surface area contributed by atoms with Gasteiger partial charge in [0, 0.05) is 12.4 Å². The third-order valence-corrected chi connectivity index (χ3v) is 4.30. The molecule has 0 aliphatic rings. The third kappa shape index (κ3) is 3.92. The highest BCUT2D eigenvalue weighted by Gasteiger charge is 2.12. The van der Waals surface area contributed by atoms with Gasteiger partial charge in [-0.2, -0.15) is 0 Å². The summed E-state index contributed by atoms with van der Waals surface area (Å²) in [5.74, 6) is -0.159. The number of rotatable bonds is 5. The van der Waals surface area contributed by atoms with Crippen molar-refractivity contribution in [3.8, 4) is 5.82 Å². The van der Waals surface area contributed by atoms with Gasteiger partial charge in [0.05, 0.1) is 17.6 Å². The molecule has 0 saturated carbocycles. The molecule has 0 aliphatic carbocycles. The molecule has 118 valence electrons. The molecule has 2 heterocycles. The van der Waals surface area contributed by atoms with Crippen molar-refractivity contribution in [1.82, 2.24) is 14.5 Å². The van der Waals surface area contributed by atoms with Crippen LogP contribution in [0.1, 0.15) is 5.56 Å². The van der Waals surface area contributed by atoms with Crippen LogP contribution in [0.3, 0.4) is 0 Å². The van der Waals surface area contributed by atoms with Gasteiger partial charge in [-0.3, -0.25) is 9.29 Å². The first-order valence-corrected chi connectivity index (χ1v) is 8.36. The van der Waals surface area contributed by atoms with Crippen LogP contribution < -0.4 is 4.72 Å². The fraction of sp³-hybridized carbons (Fsp3) is 0.0667. The summed E-state index contributed by atoms with van der Waals surface area (Å²) in [7, 11) is -3.65. The molecule has 0 bridgehead atoms. The van der Waals surface area contributed by atoms with Crippen LogP contribution in [0, 0.1) is 5.82 Å². The molecule has 23 heavy (non-hydrogen) atoms. The summed E-state index contributed by atoms with van der Waals surface area (Å²) in [6, 6.07) is 8.76. The first kappa shape index (κ1) is 15.2. The minimum atomic E-state index is -3.65. The van der Waals surface area contributed by atoms with Gasteiger partial charge in [-0.15, -0.1) is 0 Å². The summed E-state index contributed by atoms with van der Waals surface area (Å²) in [6.07, 6.45) is 6.36. The number of hydrogen-bond acceptors (Lipinski definition) is 4. The second kappa shape index (κ2) is 6.17. The Hall–Kier alpha value is -2.74. The molecule has 0 amide bonds. The van der Waals surface area contributed by atoms with Crippen molar-refractivity contribution in [2.75, 3.05) is 4.72 Å². The summed E-state index contributed by atoms with van der Waals surface area (Å²) in [6.45, 7) is 0. The van der Waals surface area contributed by atoms with Gasteiger partial charge in [0.25, 0.3) is 0 Å². The fourth-order valence-electron chi connectivity index (χ4n) is 2.06. The standard InChI is InChI=1S/C15H13FN4O2S/c16-13-3-1-2-12(8-13)10-23(21,22)19-14-4-5-15(18-9-14)20-7-6-17-11-20/h1-9,11,19H,10H2. The van der Waals surface area contributed by atoms with Crippen molar-refractivity contribution in [2.24, 2.45) is 0 Å². The van der Waals surface area contributed by atoms with E-state index < -0.39 is 15.8 Å². The van der Waals surface area contributed by atoms with Crippen LogP contribution in [0.4, 0.5) is 10.1 Å². The fourth-order valence-corrected chi connectivity index (χ4v) is 3.23. The lowest BCUT2D eigenvalue weighted by Gasteiger charge is -2.09. The molecule has 0 radical (unpaired) electrons. The maximum atomic E-state index is 13.1. The van der Waals surface area contributed by atoms with E-state index in [4.69, 9.17) is 0 Å². The molecule has 0 fully saturated rings. The molecule has 2 aromatic heterocycles. The van der Waals surface area contributed by atoms with Gasteiger partial charge in [0.15, 0.2) is 0 Å². The SMILES string of the molecule is O=S(=O)(Cc1cccc(F)c1)Nc1ccc(-n2ccnc2)nc1. The van der Waals surface area contributed by atoms with Crippen LogP contribution >= 0.6 is 0 Å². The summed E-state index contributed by atoms with van der Waals surface area (Å²) >= 11 is 0. The molecule has 0 spiro atoms. The van der Waals surface area contributed by atoms with Crippen molar-refractivity contribution >= 4 is 15.7 Å². The Morgan fingerprint density at radius 3 is 2.74 bits per heavy atom. The van der Waals surface area contributed by atoms with E-state index in [0.717, 1.165) is 0 Å². The van der Waals surface area contributed by atoms with Crippen molar-refractivity contribution < 1.29 is 12.8 Å². The maximum absolute atomic E-state index is 13.1. The predicted octanol–water partition coefficient (Wildman–Crippen LogP) is 2.35. The normalized spacial score (nSPS) is 11.3. The number of nitrogens with zero attached hydrogens (tertiary/aromatic N) is 3. The van der Waals surface area contributed by atoms with E-state index in [2.05, 4.69) is 14.7 Å². The van der Waals surface area contributed by atoms with E-state index in [1.807, 2.05) is 0 Å². The zero-order valence-corrected chi connectivity index (χ0v) is 12.7. The summed E-state index contributed by atoms with van der Waals surface area (Å²) in [5, 5.41) is 0. The summed E-state index contributed by atoms with van der Waals surface area (Å²) in [5.41, 5.74) is 0.714. The van der Waals surface area contributed by atoms with Crippen LogP contribution in [-0.4, -0.2) is 23.0 Å². The molecule has 3 rings (SSSR count). The highest BCUT2D eigenvalue weighted by Crippen LogP contribution is 2.14. The van der Waals surface area contributed by atoms with E-state index in [1.54, 1.807) is 41.5 Å².